The van der Waals surface area contributed by atoms with Gasteiger partial charge in [0.1, 0.15) is 0 Å². The summed E-state index contributed by atoms with van der Waals surface area (Å²) in [4.78, 5) is 0. The Balaban J connectivity index is 1.74. The van der Waals surface area contributed by atoms with Crippen LogP contribution in [0.25, 0.3) is 10.9 Å². The van der Waals surface area contributed by atoms with Gasteiger partial charge in [-0.1, -0.05) is 88.2 Å². The van der Waals surface area contributed by atoms with Crippen LogP contribution < -0.4 is 5.19 Å². The minimum atomic E-state index is -0.781. The lowest BCUT2D eigenvalue weighted by Crippen LogP contribution is -2.26. The molecule has 2 rings (SSSR count). The molecule has 1 aromatic heterocycles. The number of unbranched alkanes of at least 4 members (excludes halogenated alkanes) is 7. The fourth-order valence-corrected chi connectivity index (χ4v) is 5.92. The van der Waals surface area contributed by atoms with Crippen LogP contribution in [-0.2, 0) is 7.05 Å². The first kappa shape index (κ1) is 17.3. The first-order valence-corrected chi connectivity index (χ1v) is 11.8. The number of hydrogen-bond acceptors (Lipinski definition) is 0. The van der Waals surface area contributed by atoms with E-state index in [9.17, 15) is 0 Å². The summed E-state index contributed by atoms with van der Waals surface area (Å²) in [5.74, 6) is 0. The van der Waals surface area contributed by atoms with Crippen LogP contribution in [0.3, 0.4) is 0 Å². The summed E-state index contributed by atoms with van der Waals surface area (Å²) in [7, 11) is 1.37. The average molecular weight is 316 g/mol. The van der Waals surface area contributed by atoms with Gasteiger partial charge in [0.05, 0.1) is 8.80 Å². The van der Waals surface area contributed by atoms with Crippen molar-refractivity contribution in [2.75, 3.05) is 0 Å². The minimum Gasteiger partial charge on any atom is -0.351 e. The van der Waals surface area contributed by atoms with Gasteiger partial charge in [-0.15, -0.1) is 0 Å². The highest BCUT2D eigenvalue weighted by Gasteiger charge is 2.11. The van der Waals surface area contributed by atoms with Crippen molar-refractivity contribution in [2.45, 2.75) is 70.9 Å². The molecule has 1 unspecified atom stereocenters. The normalized spacial score (nSPS) is 12.9. The van der Waals surface area contributed by atoms with E-state index in [-0.39, 0.29) is 0 Å². The third-order valence-electron chi connectivity index (χ3n) is 4.98. The zero-order valence-electron chi connectivity index (χ0n) is 14.8. The van der Waals surface area contributed by atoms with Crippen molar-refractivity contribution in [1.29, 1.82) is 0 Å². The Bertz CT molecular complexity index is 558. The van der Waals surface area contributed by atoms with Gasteiger partial charge < -0.3 is 4.57 Å². The second-order valence-corrected chi connectivity index (χ2v) is 9.87. The number of nitrogens with zero attached hydrogens (tertiary/aromatic N) is 1. The number of aromatic nitrogens is 1. The van der Waals surface area contributed by atoms with E-state index >= 15 is 0 Å². The molecule has 1 atom stereocenters. The highest BCUT2D eigenvalue weighted by atomic mass is 28.3. The molecule has 0 radical (unpaired) electrons. The molecule has 0 aliphatic carbocycles. The third kappa shape index (κ3) is 4.74. The van der Waals surface area contributed by atoms with Gasteiger partial charge in [-0.05, 0) is 17.5 Å². The van der Waals surface area contributed by atoms with Gasteiger partial charge in [-0.3, -0.25) is 0 Å². The lowest BCUT2D eigenvalue weighted by Gasteiger charge is -2.12. The molecule has 2 heteroatoms. The van der Waals surface area contributed by atoms with Gasteiger partial charge in [0, 0.05) is 18.8 Å². The van der Waals surface area contributed by atoms with E-state index in [1.54, 1.807) is 5.19 Å². The van der Waals surface area contributed by atoms with E-state index in [1.807, 2.05) is 0 Å². The van der Waals surface area contributed by atoms with Crippen molar-refractivity contribution < 1.29 is 0 Å². The Kier molecular flexibility index (Phi) is 7.24. The van der Waals surface area contributed by atoms with Crippen LogP contribution in [0.15, 0.2) is 30.5 Å². The Labute approximate surface area is 138 Å². The zero-order chi connectivity index (χ0) is 15.8. The average Bonchev–Trinajstić information content (AvgIpc) is 2.91. The van der Waals surface area contributed by atoms with Crippen molar-refractivity contribution in [2.24, 2.45) is 7.05 Å². The fourth-order valence-electron chi connectivity index (χ4n) is 3.50. The molecule has 2 aromatic rings. The molecule has 0 spiro atoms. The summed E-state index contributed by atoms with van der Waals surface area (Å²) in [6.07, 6.45) is 13.6. The molecule has 0 saturated heterocycles. The molecule has 0 amide bonds. The second kappa shape index (κ2) is 9.19. The highest BCUT2D eigenvalue weighted by Crippen LogP contribution is 2.16. The van der Waals surface area contributed by atoms with Crippen molar-refractivity contribution >= 4 is 24.9 Å². The smallest absolute Gasteiger partial charge is 0.0686 e. The van der Waals surface area contributed by atoms with Crippen LogP contribution in [0.4, 0.5) is 0 Å². The SMILES string of the molecule is CCCCCCCCCC[SiH](C)c1cccc2c1ccn2C. The molecule has 1 nitrogen and oxygen atoms in total. The lowest BCUT2D eigenvalue weighted by molar-refractivity contribution is 0.584. The minimum absolute atomic E-state index is 0.781. The van der Waals surface area contributed by atoms with Crippen LogP contribution in [0.1, 0.15) is 58.3 Å². The molecule has 0 fully saturated rings. The summed E-state index contributed by atoms with van der Waals surface area (Å²) in [6.45, 7) is 4.82. The summed E-state index contributed by atoms with van der Waals surface area (Å²) in [6, 6.07) is 10.6. The largest absolute Gasteiger partial charge is 0.351 e. The van der Waals surface area contributed by atoms with Crippen molar-refractivity contribution in [1.82, 2.24) is 4.57 Å². The molecule has 1 aromatic carbocycles. The van der Waals surface area contributed by atoms with Crippen LogP contribution in [0.5, 0.6) is 0 Å². The van der Waals surface area contributed by atoms with E-state index in [1.165, 1.54) is 68.3 Å². The van der Waals surface area contributed by atoms with E-state index in [0.29, 0.717) is 0 Å². The molecule has 1 heterocycles. The predicted molar refractivity (Wildman–Crippen MR) is 103 cm³/mol. The van der Waals surface area contributed by atoms with Crippen LogP contribution in [-0.4, -0.2) is 13.4 Å². The Morgan fingerprint density at radius 2 is 1.59 bits per heavy atom. The van der Waals surface area contributed by atoms with Gasteiger partial charge in [-0.25, -0.2) is 0 Å². The summed E-state index contributed by atoms with van der Waals surface area (Å²) in [5.41, 5.74) is 1.40. The molecule has 0 aliphatic heterocycles. The van der Waals surface area contributed by atoms with Gasteiger partial charge in [0.25, 0.3) is 0 Å². The van der Waals surface area contributed by atoms with Gasteiger partial charge in [0.15, 0.2) is 0 Å². The van der Waals surface area contributed by atoms with Crippen molar-refractivity contribution in [3.8, 4) is 0 Å². The number of aryl methyl sites for hydroxylation is 1. The summed E-state index contributed by atoms with van der Waals surface area (Å²) in [5, 5.41) is 3.17. The van der Waals surface area contributed by atoms with Gasteiger partial charge in [0.2, 0.25) is 0 Å². The predicted octanol–water partition coefficient (Wildman–Crippen LogP) is 5.38. The van der Waals surface area contributed by atoms with E-state index < -0.39 is 8.80 Å². The molecular weight excluding hydrogens is 282 g/mol. The Morgan fingerprint density at radius 1 is 0.909 bits per heavy atom. The van der Waals surface area contributed by atoms with Crippen LogP contribution in [0.2, 0.25) is 12.6 Å². The molecular formula is C20H33NSi. The third-order valence-corrected chi connectivity index (χ3v) is 7.82. The highest BCUT2D eigenvalue weighted by molar-refractivity contribution is 6.74. The molecule has 0 bridgehead atoms. The summed E-state index contributed by atoms with van der Waals surface area (Å²) < 4.78 is 2.25. The second-order valence-electron chi connectivity index (χ2n) is 6.87. The number of hydrogen-bond donors (Lipinski definition) is 0. The maximum absolute atomic E-state index is 2.53. The van der Waals surface area contributed by atoms with E-state index in [0.717, 1.165) is 0 Å². The van der Waals surface area contributed by atoms with Gasteiger partial charge >= 0.3 is 0 Å². The summed E-state index contributed by atoms with van der Waals surface area (Å²) >= 11 is 0. The fraction of sp³-hybridized carbons (Fsp3) is 0.600. The first-order chi connectivity index (χ1) is 10.7. The maximum Gasteiger partial charge on any atom is 0.0686 e. The quantitative estimate of drug-likeness (QED) is 0.409. The monoisotopic (exact) mass is 315 g/mol. The van der Waals surface area contributed by atoms with Gasteiger partial charge in [-0.2, -0.15) is 0 Å². The molecule has 0 N–H and O–H groups in total. The molecule has 122 valence electrons. The first-order valence-electron chi connectivity index (χ1n) is 9.28. The maximum atomic E-state index is 2.53. The van der Waals surface area contributed by atoms with Crippen molar-refractivity contribution in [3.63, 3.8) is 0 Å². The van der Waals surface area contributed by atoms with Crippen LogP contribution >= 0.6 is 0 Å². The van der Waals surface area contributed by atoms with E-state index in [2.05, 4.69) is 55.5 Å². The zero-order valence-corrected chi connectivity index (χ0v) is 15.9. The number of fused-ring (bicyclic) bond motifs is 1. The number of benzene rings is 1. The topological polar surface area (TPSA) is 4.93 Å². The Hall–Kier alpha value is -1.02. The van der Waals surface area contributed by atoms with Crippen molar-refractivity contribution in [3.05, 3.63) is 30.5 Å². The molecule has 0 aliphatic rings. The van der Waals surface area contributed by atoms with E-state index in [4.69, 9.17) is 0 Å². The number of rotatable bonds is 10. The standard InChI is InChI=1S/C20H33NSi/c1-4-5-6-7-8-9-10-11-17-22(3)20-14-12-13-19-18(20)15-16-21(19)2/h12-16,22H,4-11,17H2,1-3H3. The molecule has 0 saturated carbocycles. The molecule has 22 heavy (non-hydrogen) atoms. The Morgan fingerprint density at radius 3 is 2.32 bits per heavy atom. The van der Waals surface area contributed by atoms with Crippen LogP contribution in [0, 0.1) is 0 Å². The lowest BCUT2D eigenvalue weighted by atomic mass is 10.1.